The van der Waals surface area contributed by atoms with Crippen molar-refractivity contribution in [3.05, 3.63) is 39.3 Å². The topological polar surface area (TPSA) is 67.8 Å². The van der Waals surface area contributed by atoms with E-state index in [-0.39, 0.29) is 24.0 Å². The molecule has 0 aliphatic rings. The molecule has 0 amide bonds. The van der Waals surface area contributed by atoms with Gasteiger partial charge in [0.25, 0.3) is 0 Å². The van der Waals surface area contributed by atoms with Gasteiger partial charge in [0, 0.05) is 18.5 Å². The van der Waals surface area contributed by atoms with E-state index in [4.69, 9.17) is 9.47 Å². The molecule has 0 saturated carbocycles. The zero-order valence-electron chi connectivity index (χ0n) is 15.9. The van der Waals surface area contributed by atoms with E-state index in [9.17, 15) is 0 Å². The number of nitrogens with zero attached hydrogens (tertiary/aromatic N) is 2. The van der Waals surface area contributed by atoms with Crippen molar-refractivity contribution in [2.45, 2.75) is 33.9 Å². The highest BCUT2D eigenvalue weighted by Crippen LogP contribution is 2.27. The van der Waals surface area contributed by atoms with E-state index in [2.05, 4.69) is 27.5 Å². The number of ether oxygens (including phenoxy) is 2. The number of hydrogen-bond acceptors (Lipinski definition) is 5. The predicted molar refractivity (Wildman–Crippen MR) is 118 cm³/mol. The summed E-state index contributed by atoms with van der Waals surface area (Å²) in [5, 5.41) is 7.64. The molecule has 1 aromatic carbocycles. The first-order valence-corrected chi connectivity index (χ1v) is 9.06. The molecule has 6 nitrogen and oxygen atoms in total. The van der Waals surface area contributed by atoms with Gasteiger partial charge in [0.1, 0.15) is 5.01 Å². The summed E-state index contributed by atoms with van der Waals surface area (Å²) in [6, 6.07) is 5.91. The van der Waals surface area contributed by atoms with E-state index >= 15 is 0 Å². The van der Waals surface area contributed by atoms with Crippen molar-refractivity contribution in [1.29, 1.82) is 0 Å². The molecule has 1 aromatic heterocycles. The summed E-state index contributed by atoms with van der Waals surface area (Å²) in [5.41, 5.74) is 2.18. The zero-order chi connectivity index (χ0) is 18.2. The fourth-order valence-corrected chi connectivity index (χ4v) is 3.15. The summed E-state index contributed by atoms with van der Waals surface area (Å²) >= 11 is 1.71. The highest BCUT2D eigenvalue weighted by atomic mass is 127. The second kappa shape index (κ2) is 11.2. The molecular formula is C18H27IN4O2S. The number of thiazole rings is 1. The van der Waals surface area contributed by atoms with Gasteiger partial charge in [0.2, 0.25) is 0 Å². The van der Waals surface area contributed by atoms with Crippen molar-refractivity contribution in [3.8, 4) is 11.5 Å². The standard InChI is InChI=1S/C18H26N4O2S.HI/c1-6-24-15-8-7-14(9-16(15)23-5)10-20-18(19-4)21-11-17-22-12(2)13(3)25-17;/h7-9H,6,10-11H2,1-5H3,(H2,19,20,21);1H. The number of nitrogens with one attached hydrogen (secondary N) is 2. The van der Waals surface area contributed by atoms with Crippen molar-refractivity contribution < 1.29 is 9.47 Å². The first-order valence-electron chi connectivity index (χ1n) is 8.24. The van der Waals surface area contributed by atoms with Crippen LogP contribution in [-0.2, 0) is 13.1 Å². The van der Waals surface area contributed by atoms with Crippen LogP contribution in [0.3, 0.4) is 0 Å². The third-order valence-corrected chi connectivity index (χ3v) is 4.76. The summed E-state index contributed by atoms with van der Waals surface area (Å²) in [6.45, 7) is 7.98. The van der Waals surface area contributed by atoms with Gasteiger partial charge >= 0.3 is 0 Å². The number of rotatable bonds is 7. The summed E-state index contributed by atoms with van der Waals surface area (Å²) in [6.07, 6.45) is 0. The monoisotopic (exact) mass is 490 g/mol. The molecule has 1 heterocycles. The Morgan fingerprint density at radius 2 is 1.92 bits per heavy atom. The van der Waals surface area contributed by atoms with Crippen molar-refractivity contribution >= 4 is 41.3 Å². The Bertz CT molecular complexity index is 714. The number of guanidine groups is 1. The zero-order valence-corrected chi connectivity index (χ0v) is 19.0. The molecule has 2 N–H and O–H groups in total. The van der Waals surface area contributed by atoms with Gasteiger partial charge in [-0.2, -0.15) is 0 Å². The molecule has 0 fully saturated rings. The molecule has 0 aliphatic carbocycles. The Morgan fingerprint density at radius 3 is 2.50 bits per heavy atom. The summed E-state index contributed by atoms with van der Waals surface area (Å²) < 4.78 is 10.9. The van der Waals surface area contributed by atoms with Gasteiger partial charge in [0.15, 0.2) is 17.5 Å². The maximum absolute atomic E-state index is 5.54. The number of halogens is 1. The number of aliphatic imine (C=N–C) groups is 1. The Labute approximate surface area is 176 Å². The summed E-state index contributed by atoms with van der Waals surface area (Å²) in [4.78, 5) is 10.0. The van der Waals surface area contributed by atoms with E-state index in [1.807, 2.05) is 32.0 Å². The third kappa shape index (κ3) is 6.31. The predicted octanol–water partition coefficient (Wildman–Crippen LogP) is 3.65. The first kappa shape index (κ1) is 22.5. The number of aryl methyl sites for hydroxylation is 2. The van der Waals surface area contributed by atoms with E-state index in [0.29, 0.717) is 19.7 Å². The average molecular weight is 490 g/mol. The second-order valence-corrected chi connectivity index (χ2v) is 6.73. The van der Waals surface area contributed by atoms with Crippen LogP contribution in [0.25, 0.3) is 0 Å². The minimum Gasteiger partial charge on any atom is -0.493 e. The molecule has 0 aliphatic heterocycles. The van der Waals surface area contributed by atoms with Gasteiger partial charge in [-0.1, -0.05) is 6.07 Å². The highest BCUT2D eigenvalue weighted by molar-refractivity contribution is 14.0. The third-order valence-electron chi connectivity index (χ3n) is 3.69. The van der Waals surface area contributed by atoms with Crippen LogP contribution >= 0.6 is 35.3 Å². The molecule has 0 bridgehead atoms. The fourth-order valence-electron chi connectivity index (χ4n) is 2.28. The Balaban J connectivity index is 0.00000338. The molecule has 26 heavy (non-hydrogen) atoms. The average Bonchev–Trinajstić information content (AvgIpc) is 2.94. The minimum atomic E-state index is 0. The second-order valence-electron chi connectivity index (χ2n) is 5.45. The van der Waals surface area contributed by atoms with Crippen LogP contribution < -0.4 is 20.1 Å². The van der Waals surface area contributed by atoms with Crippen molar-refractivity contribution in [2.75, 3.05) is 20.8 Å². The lowest BCUT2D eigenvalue weighted by molar-refractivity contribution is 0.310. The summed E-state index contributed by atoms with van der Waals surface area (Å²) in [5.74, 6) is 2.22. The van der Waals surface area contributed by atoms with Crippen molar-refractivity contribution in [1.82, 2.24) is 15.6 Å². The van der Waals surface area contributed by atoms with Gasteiger partial charge in [-0.3, -0.25) is 4.99 Å². The van der Waals surface area contributed by atoms with Crippen LogP contribution in [0.2, 0.25) is 0 Å². The van der Waals surface area contributed by atoms with Crippen LogP contribution in [0.15, 0.2) is 23.2 Å². The summed E-state index contributed by atoms with van der Waals surface area (Å²) in [7, 11) is 3.40. The van der Waals surface area contributed by atoms with Gasteiger partial charge in [-0.05, 0) is 38.5 Å². The number of benzene rings is 1. The van der Waals surface area contributed by atoms with Crippen LogP contribution in [-0.4, -0.2) is 31.7 Å². The number of aromatic nitrogens is 1. The largest absolute Gasteiger partial charge is 0.493 e. The molecule has 0 radical (unpaired) electrons. The Hall–Kier alpha value is -1.55. The highest BCUT2D eigenvalue weighted by Gasteiger charge is 2.07. The van der Waals surface area contributed by atoms with Gasteiger partial charge in [-0.25, -0.2) is 4.98 Å². The van der Waals surface area contributed by atoms with E-state index in [1.54, 1.807) is 25.5 Å². The number of methoxy groups -OCH3 is 1. The number of hydrogen-bond donors (Lipinski definition) is 2. The van der Waals surface area contributed by atoms with Gasteiger partial charge in [0.05, 0.1) is 26.0 Å². The van der Waals surface area contributed by atoms with E-state index in [1.165, 1.54) is 4.88 Å². The van der Waals surface area contributed by atoms with E-state index < -0.39 is 0 Å². The molecule has 0 unspecified atom stereocenters. The molecule has 0 atom stereocenters. The smallest absolute Gasteiger partial charge is 0.191 e. The molecule has 8 heteroatoms. The lowest BCUT2D eigenvalue weighted by Crippen LogP contribution is -2.36. The Morgan fingerprint density at radius 1 is 1.19 bits per heavy atom. The van der Waals surface area contributed by atoms with Crippen LogP contribution in [0, 0.1) is 13.8 Å². The van der Waals surface area contributed by atoms with Gasteiger partial charge in [-0.15, -0.1) is 35.3 Å². The minimum absolute atomic E-state index is 0. The van der Waals surface area contributed by atoms with Crippen LogP contribution in [0.1, 0.15) is 28.1 Å². The fraction of sp³-hybridized carbons (Fsp3) is 0.444. The molecule has 0 spiro atoms. The lowest BCUT2D eigenvalue weighted by atomic mass is 10.2. The normalized spacial score (nSPS) is 10.9. The molecule has 144 valence electrons. The van der Waals surface area contributed by atoms with E-state index in [0.717, 1.165) is 33.7 Å². The van der Waals surface area contributed by atoms with Crippen LogP contribution in [0.4, 0.5) is 0 Å². The SMILES string of the molecule is CCOc1ccc(CNC(=NC)NCc2nc(C)c(C)s2)cc1OC.I. The Kier molecular flexibility index (Phi) is 9.71. The van der Waals surface area contributed by atoms with Gasteiger partial charge < -0.3 is 20.1 Å². The first-order chi connectivity index (χ1) is 12.1. The maximum atomic E-state index is 5.54. The molecule has 2 rings (SSSR count). The lowest BCUT2D eigenvalue weighted by Gasteiger charge is -2.13. The molecule has 0 saturated heterocycles. The maximum Gasteiger partial charge on any atom is 0.191 e. The quantitative estimate of drug-likeness (QED) is 0.353. The molecular weight excluding hydrogens is 463 g/mol. The van der Waals surface area contributed by atoms with Crippen molar-refractivity contribution in [3.63, 3.8) is 0 Å². The van der Waals surface area contributed by atoms with Crippen molar-refractivity contribution in [2.24, 2.45) is 4.99 Å². The molecule has 2 aromatic rings. The van der Waals surface area contributed by atoms with Crippen LogP contribution in [0.5, 0.6) is 11.5 Å².